The molecule has 112 valence electrons. The molecule has 1 fully saturated rings. The first-order valence-electron chi connectivity index (χ1n) is 7.76. The molecule has 0 saturated heterocycles. The van der Waals surface area contributed by atoms with E-state index in [1.54, 1.807) is 11.3 Å². The molecule has 20 heavy (non-hydrogen) atoms. The number of ketones is 1. The number of hydrogen-bond donors (Lipinski definition) is 0. The number of thiophene rings is 1. The second-order valence-corrected chi connectivity index (χ2v) is 7.68. The first-order valence-corrected chi connectivity index (χ1v) is 8.58. The first kappa shape index (κ1) is 15.7. The number of nitrogens with zero attached hydrogens (tertiary/aromatic N) is 1. The van der Waals surface area contributed by atoms with Gasteiger partial charge in [-0.2, -0.15) is 0 Å². The highest BCUT2D eigenvalue weighted by molar-refractivity contribution is 7.12. The van der Waals surface area contributed by atoms with E-state index < -0.39 is 0 Å². The normalized spacial score (nSPS) is 26.9. The smallest absolute Gasteiger partial charge is 0.158 e. The van der Waals surface area contributed by atoms with Crippen molar-refractivity contribution in [3.63, 3.8) is 0 Å². The molecule has 1 aliphatic rings. The quantitative estimate of drug-likeness (QED) is 0.820. The fourth-order valence-electron chi connectivity index (χ4n) is 3.25. The van der Waals surface area contributed by atoms with Crippen LogP contribution in [0.2, 0.25) is 0 Å². The molecule has 2 rings (SSSR count). The van der Waals surface area contributed by atoms with Crippen molar-refractivity contribution >= 4 is 17.1 Å². The summed E-state index contributed by atoms with van der Waals surface area (Å²) in [5.74, 6) is 1.18. The minimum atomic E-state index is -0.219. The van der Waals surface area contributed by atoms with Gasteiger partial charge in [-0.25, -0.2) is 0 Å². The molecule has 0 spiro atoms. The van der Waals surface area contributed by atoms with Crippen LogP contribution in [0.1, 0.15) is 49.3 Å². The second kappa shape index (κ2) is 6.40. The van der Waals surface area contributed by atoms with Crippen molar-refractivity contribution in [2.24, 2.45) is 5.92 Å². The van der Waals surface area contributed by atoms with Crippen LogP contribution in [0.15, 0.2) is 12.1 Å². The Kier molecular flexibility index (Phi) is 5.03. The van der Waals surface area contributed by atoms with Gasteiger partial charge in [0, 0.05) is 16.2 Å². The summed E-state index contributed by atoms with van der Waals surface area (Å²) >= 11 is 1.80. The monoisotopic (exact) mass is 293 g/mol. The molecule has 1 aromatic heterocycles. The molecule has 1 aromatic rings. The van der Waals surface area contributed by atoms with Gasteiger partial charge in [0.15, 0.2) is 5.78 Å². The lowest BCUT2D eigenvalue weighted by Crippen LogP contribution is -2.53. The molecule has 0 aromatic carbocycles. The van der Waals surface area contributed by atoms with E-state index in [9.17, 15) is 4.79 Å². The molecule has 0 bridgehead atoms. The molecule has 0 radical (unpaired) electrons. The summed E-state index contributed by atoms with van der Waals surface area (Å²) in [4.78, 5) is 17.7. The molecular formula is C17H27NOS. The van der Waals surface area contributed by atoms with Gasteiger partial charge in [-0.15, -0.1) is 11.3 Å². The minimum absolute atomic E-state index is 0.219. The molecule has 0 amide bonds. The van der Waals surface area contributed by atoms with Gasteiger partial charge in [-0.1, -0.05) is 13.8 Å². The lowest BCUT2D eigenvalue weighted by Gasteiger charge is -2.43. The van der Waals surface area contributed by atoms with Crippen molar-refractivity contribution in [1.29, 1.82) is 0 Å². The highest BCUT2D eigenvalue weighted by atomic mass is 32.1. The zero-order valence-corrected chi connectivity index (χ0v) is 14.1. The number of Topliss-reactive ketones (excluding diaryl/α,β-unsaturated/α-hetero) is 1. The predicted molar refractivity (Wildman–Crippen MR) is 86.5 cm³/mol. The third-order valence-corrected chi connectivity index (χ3v) is 6.11. The van der Waals surface area contributed by atoms with Gasteiger partial charge in [0.1, 0.15) is 0 Å². The van der Waals surface area contributed by atoms with Crippen LogP contribution in [-0.4, -0.2) is 30.3 Å². The summed E-state index contributed by atoms with van der Waals surface area (Å²) in [6.07, 6.45) is 6.06. The third kappa shape index (κ3) is 3.15. The van der Waals surface area contributed by atoms with Gasteiger partial charge in [-0.3, -0.25) is 9.69 Å². The largest absolute Gasteiger partial charge is 0.297 e. The van der Waals surface area contributed by atoms with Crippen LogP contribution in [0.5, 0.6) is 0 Å². The number of hydrogen-bond acceptors (Lipinski definition) is 3. The number of likely N-dealkylation sites (N-methyl/N-ethyl adjacent to an activating group) is 1. The Morgan fingerprint density at radius 1 is 1.30 bits per heavy atom. The van der Waals surface area contributed by atoms with Gasteiger partial charge < -0.3 is 0 Å². The SMILES string of the molecule is CCc1ccc(CC(=O)C2(N(C)C)CCC(C)CC2)s1. The summed E-state index contributed by atoms with van der Waals surface area (Å²) in [6, 6.07) is 4.30. The van der Waals surface area contributed by atoms with Gasteiger partial charge in [0.25, 0.3) is 0 Å². The molecule has 1 heterocycles. The first-order chi connectivity index (χ1) is 9.48. The fraction of sp³-hybridized carbons (Fsp3) is 0.706. The predicted octanol–water partition coefficient (Wildman–Crippen LogP) is 3.93. The second-order valence-electron chi connectivity index (χ2n) is 6.43. The molecule has 0 aliphatic heterocycles. The Bertz CT molecular complexity index is 455. The summed E-state index contributed by atoms with van der Waals surface area (Å²) in [5, 5.41) is 0. The zero-order valence-electron chi connectivity index (χ0n) is 13.2. The Morgan fingerprint density at radius 2 is 1.90 bits per heavy atom. The maximum Gasteiger partial charge on any atom is 0.158 e. The number of carbonyl (C=O) groups is 1. The Labute approximate surface area is 127 Å². The maximum absolute atomic E-state index is 12.9. The Hall–Kier alpha value is -0.670. The molecule has 0 unspecified atom stereocenters. The summed E-state index contributed by atoms with van der Waals surface area (Å²) in [5.41, 5.74) is -0.219. The lowest BCUT2D eigenvalue weighted by atomic mass is 9.73. The van der Waals surface area contributed by atoms with Crippen LogP contribution in [0.3, 0.4) is 0 Å². The van der Waals surface area contributed by atoms with Crippen molar-refractivity contribution < 1.29 is 4.79 Å². The number of rotatable bonds is 5. The highest BCUT2D eigenvalue weighted by Gasteiger charge is 2.42. The van der Waals surface area contributed by atoms with E-state index in [1.165, 1.54) is 22.6 Å². The molecular weight excluding hydrogens is 266 g/mol. The Balaban J connectivity index is 2.11. The van der Waals surface area contributed by atoms with Crippen molar-refractivity contribution in [1.82, 2.24) is 4.90 Å². The van der Waals surface area contributed by atoms with Crippen LogP contribution in [0, 0.1) is 5.92 Å². The van der Waals surface area contributed by atoms with Crippen molar-refractivity contribution in [2.75, 3.05) is 14.1 Å². The van der Waals surface area contributed by atoms with Crippen molar-refractivity contribution in [3.05, 3.63) is 21.9 Å². The molecule has 2 nitrogen and oxygen atoms in total. The van der Waals surface area contributed by atoms with Crippen LogP contribution < -0.4 is 0 Å². The van der Waals surface area contributed by atoms with Crippen LogP contribution in [-0.2, 0) is 17.6 Å². The summed E-state index contributed by atoms with van der Waals surface area (Å²) in [6.45, 7) is 4.47. The lowest BCUT2D eigenvalue weighted by molar-refractivity contribution is -0.131. The van der Waals surface area contributed by atoms with Crippen LogP contribution in [0.25, 0.3) is 0 Å². The van der Waals surface area contributed by atoms with Crippen molar-refractivity contribution in [3.8, 4) is 0 Å². The average molecular weight is 293 g/mol. The standard InChI is InChI=1S/C17H27NOS/c1-5-14-6-7-15(20-14)12-16(19)17(18(3)4)10-8-13(2)9-11-17/h6-7,13H,5,8-12H2,1-4H3. The molecule has 1 saturated carbocycles. The third-order valence-electron chi connectivity index (χ3n) is 4.88. The van der Waals surface area contributed by atoms with E-state index in [1.807, 2.05) is 0 Å². The van der Waals surface area contributed by atoms with E-state index in [0.717, 1.165) is 25.2 Å². The maximum atomic E-state index is 12.9. The van der Waals surface area contributed by atoms with Gasteiger partial charge in [-0.05, 0) is 64.3 Å². The van der Waals surface area contributed by atoms with Gasteiger partial charge in [0.05, 0.1) is 5.54 Å². The van der Waals surface area contributed by atoms with E-state index in [4.69, 9.17) is 0 Å². The van der Waals surface area contributed by atoms with Crippen LogP contribution >= 0.6 is 11.3 Å². The van der Waals surface area contributed by atoms with Crippen LogP contribution in [0.4, 0.5) is 0 Å². The minimum Gasteiger partial charge on any atom is -0.297 e. The fourth-order valence-corrected chi connectivity index (χ4v) is 4.20. The van der Waals surface area contributed by atoms with E-state index in [0.29, 0.717) is 12.2 Å². The Morgan fingerprint density at radius 3 is 2.40 bits per heavy atom. The molecule has 0 atom stereocenters. The van der Waals surface area contributed by atoms with Gasteiger partial charge >= 0.3 is 0 Å². The van der Waals surface area contributed by atoms with E-state index >= 15 is 0 Å². The summed E-state index contributed by atoms with van der Waals surface area (Å²) < 4.78 is 0. The summed E-state index contributed by atoms with van der Waals surface area (Å²) in [7, 11) is 4.14. The number of carbonyl (C=O) groups excluding carboxylic acids is 1. The molecule has 3 heteroatoms. The highest BCUT2D eigenvalue weighted by Crippen LogP contribution is 2.37. The zero-order chi connectivity index (χ0) is 14.8. The molecule has 1 aliphatic carbocycles. The van der Waals surface area contributed by atoms with Crippen molar-refractivity contribution in [2.45, 2.75) is 57.9 Å². The average Bonchev–Trinajstić information content (AvgIpc) is 2.87. The van der Waals surface area contributed by atoms with E-state index in [-0.39, 0.29) is 5.54 Å². The van der Waals surface area contributed by atoms with E-state index in [2.05, 4.69) is 45.0 Å². The van der Waals surface area contributed by atoms with Gasteiger partial charge in [0.2, 0.25) is 0 Å². The number of aryl methyl sites for hydroxylation is 1. The molecule has 0 N–H and O–H groups in total. The topological polar surface area (TPSA) is 20.3 Å².